The zero-order valence-electron chi connectivity index (χ0n) is 15.3. The Bertz CT molecular complexity index is 936. The predicted octanol–water partition coefficient (Wildman–Crippen LogP) is 4.21. The largest absolute Gasteiger partial charge is 0.497 e. The summed E-state index contributed by atoms with van der Waals surface area (Å²) in [5, 5.41) is 1.34. The molecule has 2 aromatic carbocycles. The second-order valence-electron chi connectivity index (χ2n) is 7.01. The van der Waals surface area contributed by atoms with Gasteiger partial charge in [0.15, 0.2) is 0 Å². The summed E-state index contributed by atoms with van der Waals surface area (Å²) in [6, 6.07) is 16.0. The molecular weight excluding hydrogens is 324 g/mol. The minimum atomic E-state index is 0.0975. The number of benzene rings is 2. The first kappa shape index (κ1) is 16.7. The third-order valence-electron chi connectivity index (χ3n) is 5.47. The number of piperidine rings is 1. The highest BCUT2D eigenvalue weighted by Gasteiger charge is 2.26. The Kier molecular flexibility index (Phi) is 4.41. The fraction of sp³-hybridized carbons (Fsp3) is 0.318. The van der Waals surface area contributed by atoms with Crippen LogP contribution in [0.4, 0.5) is 0 Å². The molecule has 4 rings (SSSR count). The van der Waals surface area contributed by atoms with E-state index in [1.807, 2.05) is 29.2 Å². The van der Waals surface area contributed by atoms with Crippen molar-refractivity contribution in [3.05, 3.63) is 65.9 Å². The quantitative estimate of drug-likeness (QED) is 0.711. The highest BCUT2D eigenvalue weighted by Crippen LogP contribution is 2.34. The van der Waals surface area contributed by atoms with Crippen molar-refractivity contribution in [2.24, 2.45) is 7.05 Å². The van der Waals surface area contributed by atoms with Gasteiger partial charge in [-0.2, -0.15) is 0 Å². The van der Waals surface area contributed by atoms with Gasteiger partial charge >= 0.3 is 0 Å². The molecule has 2 heterocycles. The normalized spacial score (nSPS) is 15.4. The summed E-state index contributed by atoms with van der Waals surface area (Å²) in [6.45, 7) is 1.59. The highest BCUT2D eigenvalue weighted by atomic mass is 16.5. The van der Waals surface area contributed by atoms with Gasteiger partial charge in [0, 0.05) is 42.8 Å². The van der Waals surface area contributed by atoms with Crippen LogP contribution in [0.3, 0.4) is 0 Å². The van der Waals surface area contributed by atoms with E-state index in [2.05, 4.69) is 42.1 Å². The molecule has 1 aromatic heterocycles. The van der Waals surface area contributed by atoms with E-state index < -0.39 is 0 Å². The Hall–Kier alpha value is -2.75. The van der Waals surface area contributed by atoms with E-state index in [-0.39, 0.29) is 5.91 Å². The number of hydrogen-bond acceptors (Lipinski definition) is 2. The second-order valence-corrected chi connectivity index (χ2v) is 7.01. The Morgan fingerprint density at radius 2 is 1.85 bits per heavy atom. The van der Waals surface area contributed by atoms with Crippen molar-refractivity contribution in [1.82, 2.24) is 9.47 Å². The van der Waals surface area contributed by atoms with E-state index in [1.54, 1.807) is 7.11 Å². The molecule has 0 saturated carbocycles. The molecule has 0 N–H and O–H groups in total. The molecule has 4 nitrogen and oxygen atoms in total. The molecule has 1 fully saturated rings. The molecule has 0 bridgehead atoms. The number of amides is 1. The van der Waals surface area contributed by atoms with E-state index in [1.165, 1.54) is 16.5 Å². The number of ether oxygens (including phenoxy) is 1. The number of nitrogens with zero attached hydrogens (tertiary/aromatic N) is 2. The van der Waals surface area contributed by atoms with Crippen molar-refractivity contribution in [3.63, 3.8) is 0 Å². The maximum atomic E-state index is 12.8. The van der Waals surface area contributed by atoms with E-state index in [0.29, 0.717) is 11.5 Å². The third-order valence-corrected chi connectivity index (χ3v) is 5.47. The van der Waals surface area contributed by atoms with Crippen LogP contribution in [0.1, 0.15) is 34.7 Å². The van der Waals surface area contributed by atoms with Gasteiger partial charge in [-0.05, 0) is 48.6 Å². The van der Waals surface area contributed by atoms with E-state index in [0.717, 1.165) is 31.7 Å². The third kappa shape index (κ3) is 2.96. The molecule has 26 heavy (non-hydrogen) atoms. The fourth-order valence-corrected chi connectivity index (χ4v) is 4.03. The van der Waals surface area contributed by atoms with Gasteiger partial charge in [-0.3, -0.25) is 4.79 Å². The number of likely N-dealkylation sites (tertiary alicyclic amines) is 1. The second kappa shape index (κ2) is 6.87. The van der Waals surface area contributed by atoms with Gasteiger partial charge in [-0.15, -0.1) is 0 Å². The highest BCUT2D eigenvalue weighted by molar-refractivity contribution is 5.94. The zero-order chi connectivity index (χ0) is 18.1. The maximum Gasteiger partial charge on any atom is 0.253 e. The van der Waals surface area contributed by atoms with Crippen LogP contribution < -0.4 is 4.74 Å². The SMILES string of the molecule is COc1cccc(C(=O)N2CCC(c3cn(C)c4ccccc34)CC2)c1. The monoisotopic (exact) mass is 348 g/mol. The molecule has 4 heteroatoms. The standard InChI is InChI=1S/C22H24N2O2/c1-23-15-20(19-8-3-4-9-21(19)23)16-10-12-24(13-11-16)22(25)17-6-5-7-18(14-17)26-2/h3-9,14-16H,10-13H2,1-2H3. The van der Waals surface area contributed by atoms with Crippen LogP contribution >= 0.6 is 0 Å². The molecule has 1 amide bonds. The Balaban J connectivity index is 1.49. The summed E-state index contributed by atoms with van der Waals surface area (Å²) >= 11 is 0. The Morgan fingerprint density at radius 3 is 2.62 bits per heavy atom. The van der Waals surface area contributed by atoms with Gasteiger partial charge in [-0.1, -0.05) is 24.3 Å². The predicted molar refractivity (Wildman–Crippen MR) is 104 cm³/mol. The number of aromatic nitrogens is 1. The summed E-state index contributed by atoms with van der Waals surface area (Å²) in [5.41, 5.74) is 3.39. The molecule has 1 aliphatic heterocycles. The van der Waals surface area contributed by atoms with Gasteiger partial charge in [0.25, 0.3) is 5.91 Å². The Morgan fingerprint density at radius 1 is 1.08 bits per heavy atom. The number of para-hydroxylation sites is 1. The van der Waals surface area contributed by atoms with Crippen molar-refractivity contribution in [2.75, 3.05) is 20.2 Å². The molecule has 3 aromatic rings. The fourth-order valence-electron chi connectivity index (χ4n) is 4.03. The number of aryl methyl sites for hydroxylation is 1. The number of hydrogen-bond donors (Lipinski definition) is 0. The summed E-state index contributed by atoms with van der Waals surface area (Å²) < 4.78 is 7.44. The molecule has 0 aliphatic carbocycles. The average Bonchev–Trinajstić information content (AvgIpc) is 3.04. The van der Waals surface area contributed by atoms with Crippen molar-refractivity contribution < 1.29 is 9.53 Å². The van der Waals surface area contributed by atoms with Gasteiger partial charge in [-0.25, -0.2) is 0 Å². The first-order valence-electron chi connectivity index (χ1n) is 9.14. The minimum absolute atomic E-state index is 0.0975. The summed E-state index contributed by atoms with van der Waals surface area (Å²) in [4.78, 5) is 14.8. The number of carbonyl (C=O) groups is 1. The van der Waals surface area contributed by atoms with Crippen LogP contribution in [0.25, 0.3) is 10.9 Å². The van der Waals surface area contributed by atoms with Crippen LogP contribution in [-0.2, 0) is 7.05 Å². The van der Waals surface area contributed by atoms with Crippen LogP contribution in [0.5, 0.6) is 5.75 Å². The molecule has 1 saturated heterocycles. The lowest BCUT2D eigenvalue weighted by Crippen LogP contribution is -2.37. The smallest absolute Gasteiger partial charge is 0.253 e. The van der Waals surface area contributed by atoms with Gasteiger partial charge in [0.2, 0.25) is 0 Å². The van der Waals surface area contributed by atoms with Crippen LogP contribution in [0.15, 0.2) is 54.7 Å². The lowest BCUT2D eigenvalue weighted by Gasteiger charge is -2.32. The summed E-state index contributed by atoms with van der Waals surface area (Å²) in [6.07, 6.45) is 4.27. The van der Waals surface area contributed by atoms with Crippen molar-refractivity contribution in [3.8, 4) is 5.75 Å². The van der Waals surface area contributed by atoms with Crippen LogP contribution in [-0.4, -0.2) is 35.6 Å². The molecule has 1 aliphatic rings. The Labute approximate surface area is 154 Å². The van der Waals surface area contributed by atoms with Crippen molar-refractivity contribution in [1.29, 1.82) is 0 Å². The van der Waals surface area contributed by atoms with E-state index >= 15 is 0 Å². The molecule has 0 unspecified atom stereocenters. The van der Waals surface area contributed by atoms with E-state index in [4.69, 9.17) is 4.74 Å². The average molecular weight is 348 g/mol. The van der Waals surface area contributed by atoms with Crippen LogP contribution in [0, 0.1) is 0 Å². The number of carbonyl (C=O) groups excluding carboxylic acids is 1. The maximum absolute atomic E-state index is 12.8. The molecule has 0 radical (unpaired) electrons. The first-order valence-corrected chi connectivity index (χ1v) is 9.14. The lowest BCUT2D eigenvalue weighted by molar-refractivity contribution is 0.0713. The molecule has 0 atom stereocenters. The number of methoxy groups -OCH3 is 1. The van der Waals surface area contributed by atoms with E-state index in [9.17, 15) is 4.79 Å². The summed E-state index contributed by atoms with van der Waals surface area (Å²) in [7, 11) is 3.73. The first-order chi connectivity index (χ1) is 12.7. The minimum Gasteiger partial charge on any atom is -0.497 e. The zero-order valence-corrected chi connectivity index (χ0v) is 15.3. The topological polar surface area (TPSA) is 34.5 Å². The number of fused-ring (bicyclic) bond motifs is 1. The summed E-state index contributed by atoms with van der Waals surface area (Å²) in [5.74, 6) is 1.33. The molecular formula is C22H24N2O2. The lowest BCUT2D eigenvalue weighted by atomic mass is 9.89. The molecule has 0 spiro atoms. The number of rotatable bonds is 3. The van der Waals surface area contributed by atoms with Crippen molar-refractivity contribution in [2.45, 2.75) is 18.8 Å². The molecule has 134 valence electrons. The van der Waals surface area contributed by atoms with Gasteiger partial charge in [0.1, 0.15) is 5.75 Å². The van der Waals surface area contributed by atoms with Gasteiger partial charge in [0.05, 0.1) is 7.11 Å². The van der Waals surface area contributed by atoms with Crippen molar-refractivity contribution >= 4 is 16.8 Å². The van der Waals surface area contributed by atoms with Crippen LogP contribution in [0.2, 0.25) is 0 Å². The van der Waals surface area contributed by atoms with Gasteiger partial charge < -0.3 is 14.2 Å².